The molecule has 5 heteroatoms. The highest BCUT2D eigenvalue weighted by atomic mass is 32.2. The maximum atomic E-state index is 12.6. The van der Waals surface area contributed by atoms with Gasteiger partial charge in [0.05, 0.1) is 4.90 Å². The van der Waals surface area contributed by atoms with E-state index in [1.54, 1.807) is 36.4 Å². The average Bonchev–Trinajstić information content (AvgIpc) is 2.48. The fourth-order valence-corrected chi connectivity index (χ4v) is 3.85. The standard InChI is InChI=1S/C16H15NO3S/c1-12-6-8-14(9-7-12)21(19,20)17-11-10-13-4-2-3-5-15(13)16(17)18/h2-9H,10-11H2,1H3. The first-order chi connectivity index (χ1) is 10.00. The molecule has 4 nitrogen and oxygen atoms in total. The van der Waals surface area contributed by atoms with E-state index in [0.29, 0.717) is 12.0 Å². The molecular weight excluding hydrogens is 286 g/mol. The molecule has 1 heterocycles. The summed E-state index contributed by atoms with van der Waals surface area (Å²) in [6, 6.07) is 13.7. The van der Waals surface area contributed by atoms with Crippen LogP contribution in [0.3, 0.4) is 0 Å². The van der Waals surface area contributed by atoms with Gasteiger partial charge in [-0.05, 0) is 37.1 Å². The van der Waals surface area contributed by atoms with Crippen LogP contribution in [0.4, 0.5) is 0 Å². The predicted molar refractivity (Wildman–Crippen MR) is 79.5 cm³/mol. The minimum absolute atomic E-state index is 0.154. The summed E-state index contributed by atoms with van der Waals surface area (Å²) in [5, 5.41) is 0. The van der Waals surface area contributed by atoms with Gasteiger partial charge in [0.1, 0.15) is 0 Å². The fourth-order valence-electron chi connectivity index (χ4n) is 2.47. The van der Waals surface area contributed by atoms with Crippen LogP contribution in [0.2, 0.25) is 0 Å². The molecule has 0 fully saturated rings. The Morgan fingerprint density at radius 1 is 1.00 bits per heavy atom. The lowest BCUT2D eigenvalue weighted by atomic mass is 10.0. The van der Waals surface area contributed by atoms with Crippen LogP contribution in [0.1, 0.15) is 21.5 Å². The lowest BCUT2D eigenvalue weighted by Gasteiger charge is -2.27. The number of nitrogens with zero attached hydrogens (tertiary/aromatic N) is 1. The van der Waals surface area contributed by atoms with E-state index in [2.05, 4.69) is 0 Å². The first-order valence-electron chi connectivity index (χ1n) is 6.72. The molecule has 1 aliphatic rings. The molecule has 0 spiro atoms. The van der Waals surface area contributed by atoms with Crippen molar-refractivity contribution in [1.29, 1.82) is 0 Å². The molecule has 108 valence electrons. The van der Waals surface area contributed by atoms with Crippen molar-refractivity contribution >= 4 is 15.9 Å². The highest BCUT2D eigenvalue weighted by molar-refractivity contribution is 7.89. The molecule has 1 aliphatic heterocycles. The Kier molecular flexibility index (Phi) is 3.29. The Bertz CT molecular complexity index is 795. The number of carbonyl (C=O) groups is 1. The molecule has 21 heavy (non-hydrogen) atoms. The predicted octanol–water partition coefficient (Wildman–Crippen LogP) is 2.38. The van der Waals surface area contributed by atoms with Gasteiger partial charge in [0.15, 0.2) is 0 Å². The first-order valence-corrected chi connectivity index (χ1v) is 8.16. The molecule has 0 saturated heterocycles. The summed E-state index contributed by atoms with van der Waals surface area (Å²) in [5.74, 6) is -0.447. The van der Waals surface area contributed by atoms with Crippen molar-refractivity contribution in [2.75, 3.05) is 6.54 Å². The molecule has 0 atom stereocenters. The van der Waals surface area contributed by atoms with Gasteiger partial charge in [-0.2, -0.15) is 0 Å². The number of hydrogen-bond acceptors (Lipinski definition) is 3. The molecule has 0 unspecified atom stereocenters. The van der Waals surface area contributed by atoms with Gasteiger partial charge in [0, 0.05) is 12.1 Å². The van der Waals surface area contributed by atoms with Crippen molar-refractivity contribution in [3.63, 3.8) is 0 Å². The summed E-state index contributed by atoms with van der Waals surface area (Å²) in [4.78, 5) is 12.6. The third-order valence-electron chi connectivity index (χ3n) is 3.67. The number of benzene rings is 2. The van der Waals surface area contributed by atoms with Crippen molar-refractivity contribution < 1.29 is 13.2 Å². The van der Waals surface area contributed by atoms with Crippen LogP contribution in [0.25, 0.3) is 0 Å². The second-order valence-electron chi connectivity index (χ2n) is 5.10. The minimum atomic E-state index is -3.79. The number of carbonyl (C=O) groups excluding carboxylic acids is 1. The quantitative estimate of drug-likeness (QED) is 0.856. The molecule has 2 aromatic rings. The van der Waals surface area contributed by atoms with Gasteiger partial charge in [-0.1, -0.05) is 35.9 Å². The molecule has 1 amide bonds. The highest BCUT2D eigenvalue weighted by Gasteiger charge is 2.33. The van der Waals surface area contributed by atoms with Gasteiger partial charge >= 0.3 is 0 Å². The molecule has 0 N–H and O–H groups in total. The SMILES string of the molecule is Cc1ccc(S(=O)(=O)N2CCc3ccccc3C2=O)cc1. The van der Waals surface area contributed by atoms with Crippen molar-refractivity contribution in [1.82, 2.24) is 4.31 Å². The van der Waals surface area contributed by atoms with Gasteiger partial charge in [-0.25, -0.2) is 12.7 Å². The summed E-state index contributed by atoms with van der Waals surface area (Å²) in [6.45, 7) is 2.07. The monoisotopic (exact) mass is 301 g/mol. The Labute approximate surface area is 124 Å². The Balaban J connectivity index is 2.01. The number of fused-ring (bicyclic) bond motifs is 1. The number of hydrogen-bond donors (Lipinski definition) is 0. The van der Waals surface area contributed by atoms with E-state index in [-0.39, 0.29) is 11.4 Å². The first kappa shape index (κ1) is 13.8. The number of rotatable bonds is 2. The van der Waals surface area contributed by atoms with Crippen LogP contribution in [0, 0.1) is 6.92 Å². The second kappa shape index (κ2) is 5.00. The molecule has 0 radical (unpaired) electrons. The van der Waals surface area contributed by atoms with E-state index in [1.165, 1.54) is 0 Å². The molecule has 0 aromatic heterocycles. The van der Waals surface area contributed by atoms with Gasteiger partial charge in [0.25, 0.3) is 15.9 Å². The average molecular weight is 301 g/mol. The zero-order valence-corrected chi connectivity index (χ0v) is 12.4. The van der Waals surface area contributed by atoms with Crippen LogP contribution in [-0.2, 0) is 16.4 Å². The van der Waals surface area contributed by atoms with Crippen molar-refractivity contribution in [2.45, 2.75) is 18.2 Å². The Hall–Kier alpha value is -2.14. The van der Waals surface area contributed by atoms with Gasteiger partial charge in [0.2, 0.25) is 0 Å². The van der Waals surface area contributed by atoms with Gasteiger partial charge in [-0.15, -0.1) is 0 Å². The lowest BCUT2D eigenvalue weighted by molar-refractivity contribution is 0.0850. The summed E-state index contributed by atoms with van der Waals surface area (Å²) in [5.41, 5.74) is 2.35. The molecule has 3 rings (SSSR count). The van der Waals surface area contributed by atoms with Crippen LogP contribution >= 0.6 is 0 Å². The maximum absolute atomic E-state index is 12.6. The van der Waals surface area contributed by atoms with Crippen molar-refractivity contribution in [3.05, 3.63) is 65.2 Å². The topological polar surface area (TPSA) is 54.5 Å². The molecule has 2 aromatic carbocycles. The highest BCUT2D eigenvalue weighted by Crippen LogP contribution is 2.25. The van der Waals surface area contributed by atoms with E-state index >= 15 is 0 Å². The minimum Gasteiger partial charge on any atom is -0.268 e. The van der Waals surface area contributed by atoms with E-state index < -0.39 is 15.9 Å². The zero-order chi connectivity index (χ0) is 15.0. The normalized spacial score (nSPS) is 14.9. The summed E-state index contributed by atoms with van der Waals surface area (Å²) < 4.78 is 26.2. The third-order valence-corrected chi connectivity index (χ3v) is 5.46. The zero-order valence-electron chi connectivity index (χ0n) is 11.6. The summed E-state index contributed by atoms with van der Waals surface area (Å²) in [6.07, 6.45) is 0.549. The maximum Gasteiger partial charge on any atom is 0.267 e. The number of amides is 1. The largest absolute Gasteiger partial charge is 0.268 e. The van der Waals surface area contributed by atoms with Crippen molar-refractivity contribution in [3.8, 4) is 0 Å². The van der Waals surface area contributed by atoms with Crippen LogP contribution in [0.5, 0.6) is 0 Å². The molecule has 0 bridgehead atoms. The summed E-state index contributed by atoms with van der Waals surface area (Å²) >= 11 is 0. The van der Waals surface area contributed by atoms with Crippen molar-refractivity contribution in [2.24, 2.45) is 0 Å². The lowest BCUT2D eigenvalue weighted by Crippen LogP contribution is -2.41. The fraction of sp³-hybridized carbons (Fsp3) is 0.188. The van der Waals surface area contributed by atoms with Crippen LogP contribution < -0.4 is 0 Å². The summed E-state index contributed by atoms with van der Waals surface area (Å²) in [7, 11) is -3.79. The molecule has 0 saturated carbocycles. The van der Waals surface area contributed by atoms with Gasteiger partial charge in [-0.3, -0.25) is 4.79 Å². The van der Waals surface area contributed by atoms with Crippen LogP contribution in [-0.4, -0.2) is 25.2 Å². The van der Waals surface area contributed by atoms with E-state index in [0.717, 1.165) is 15.4 Å². The smallest absolute Gasteiger partial charge is 0.267 e. The van der Waals surface area contributed by atoms with E-state index in [4.69, 9.17) is 0 Å². The Morgan fingerprint density at radius 2 is 1.67 bits per heavy atom. The van der Waals surface area contributed by atoms with E-state index in [1.807, 2.05) is 19.1 Å². The number of aryl methyl sites for hydroxylation is 1. The van der Waals surface area contributed by atoms with Gasteiger partial charge < -0.3 is 0 Å². The molecule has 0 aliphatic carbocycles. The van der Waals surface area contributed by atoms with E-state index in [9.17, 15) is 13.2 Å². The number of sulfonamides is 1. The third kappa shape index (κ3) is 2.34. The van der Waals surface area contributed by atoms with Crippen LogP contribution in [0.15, 0.2) is 53.4 Å². The molecular formula is C16H15NO3S. The second-order valence-corrected chi connectivity index (χ2v) is 6.96. The Morgan fingerprint density at radius 3 is 2.38 bits per heavy atom.